The van der Waals surface area contributed by atoms with Gasteiger partial charge in [0, 0.05) is 11.3 Å². The number of methoxy groups -OCH3 is 1. The molecule has 138 valence electrons. The molecule has 0 aliphatic rings. The molecule has 0 radical (unpaired) electrons. The van der Waals surface area contributed by atoms with Crippen molar-refractivity contribution in [1.29, 1.82) is 0 Å². The molecule has 0 fully saturated rings. The van der Waals surface area contributed by atoms with Crippen molar-refractivity contribution in [3.63, 3.8) is 0 Å². The van der Waals surface area contributed by atoms with E-state index >= 15 is 0 Å². The van der Waals surface area contributed by atoms with Crippen LogP contribution in [0.2, 0.25) is 0 Å². The Morgan fingerprint density at radius 1 is 0.893 bits per heavy atom. The van der Waals surface area contributed by atoms with Gasteiger partial charge in [0.2, 0.25) is 0 Å². The Labute approximate surface area is 163 Å². The van der Waals surface area contributed by atoms with Crippen LogP contribution in [0.15, 0.2) is 91.0 Å². The lowest BCUT2D eigenvalue weighted by atomic mass is 10.1. The Bertz CT molecular complexity index is 1070. The van der Waals surface area contributed by atoms with Gasteiger partial charge >= 0.3 is 0 Å². The molecule has 1 aromatic heterocycles. The summed E-state index contributed by atoms with van der Waals surface area (Å²) >= 11 is 0. The van der Waals surface area contributed by atoms with Crippen molar-refractivity contribution in [2.75, 3.05) is 12.4 Å². The fraction of sp³-hybridized carbons (Fsp3) is 0.0435. The van der Waals surface area contributed by atoms with Crippen molar-refractivity contribution in [2.24, 2.45) is 0 Å². The number of benzene rings is 3. The topological polar surface area (TPSA) is 56.1 Å². The molecule has 0 unspecified atom stereocenters. The molecule has 0 bridgehead atoms. The maximum Gasteiger partial charge on any atom is 0.274 e. The van der Waals surface area contributed by atoms with E-state index in [2.05, 4.69) is 10.4 Å². The first-order valence-electron chi connectivity index (χ1n) is 8.91. The molecule has 28 heavy (non-hydrogen) atoms. The van der Waals surface area contributed by atoms with Crippen LogP contribution in [0.5, 0.6) is 5.75 Å². The highest BCUT2D eigenvalue weighted by Crippen LogP contribution is 2.23. The van der Waals surface area contributed by atoms with Crippen molar-refractivity contribution in [3.05, 3.63) is 96.7 Å². The second-order valence-electron chi connectivity index (χ2n) is 6.21. The predicted molar refractivity (Wildman–Crippen MR) is 110 cm³/mol. The molecular formula is C23H19N3O2. The van der Waals surface area contributed by atoms with Gasteiger partial charge in [0.25, 0.3) is 5.91 Å². The van der Waals surface area contributed by atoms with Gasteiger partial charge in [-0.05, 0) is 42.5 Å². The maximum atomic E-state index is 13.0. The number of hydrogen-bond acceptors (Lipinski definition) is 3. The Morgan fingerprint density at radius 2 is 1.54 bits per heavy atom. The van der Waals surface area contributed by atoms with E-state index in [-0.39, 0.29) is 5.91 Å². The first kappa shape index (κ1) is 17.5. The quantitative estimate of drug-likeness (QED) is 0.550. The molecule has 0 saturated heterocycles. The van der Waals surface area contributed by atoms with E-state index in [1.807, 2.05) is 60.7 Å². The first-order chi connectivity index (χ1) is 13.7. The van der Waals surface area contributed by atoms with E-state index < -0.39 is 0 Å². The fourth-order valence-electron chi connectivity index (χ4n) is 2.93. The van der Waals surface area contributed by atoms with E-state index in [1.165, 1.54) is 0 Å². The SMILES string of the molecule is COc1ccc(NC(=O)c2cc(-c3ccccc3)nn2-c2ccccc2)cc1. The lowest BCUT2D eigenvalue weighted by molar-refractivity contribution is 0.101. The van der Waals surface area contributed by atoms with Crippen molar-refractivity contribution in [3.8, 4) is 22.7 Å². The number of rotatable bonds is 5. The molecule has 4 aromatic rings. The van der Waals surface area contributed by atoms with E-state index in [1.54, 1.807) is 42.1 Å². The Morgan fingerprint density at radius 3 is 2.18 bits per heavy atom. The smallest absolute Gasteiger partial charge is 0.274 e. The molecule has 5 nitrogen and oxygen atoms in total. The second kappa shape index (κ2) is 7.80. The van der Waals surface area contributed by atoms with Crippen molar-refractivity contribution in [2.45, 2.75) is 0 Å². The van der Waals surface area contributed by atoms with Gasteiger partial charge < -0.3 is 10.1 Å². The lowest BCUT2D eigenvalue weighted by Gasteiger charge is -2.09. The molecule has 0 saturated carbocycles. The third-order valence-corrected chi connectivity index (χ3v) is 4.36. The summed E-state index contributed by atoms with van der Waals surface area (Å²) in [5, 5.41) is 7.61. The summed E-state index contributed by atoms with van der Waals surface area (Å²) in [6.07, 6.45) is 0. The monoisotopic (exact) mass is 369 g/mol. The normalized spacial score (nSPS) is 10.5. The summed E-state index contributed by atoms with van der Waals surface area (Å²) in [5.41, 5.74) is 3.67. The van der Waals surface area contributed by atoms with Crippen LogP contribution in [-0.2, 0) is 0 Å². The van der Waals surface area contributed by atoms with Crippen LogP contribution < -0.4 is 10.1 Å². The molecule has 4 rings (SSSR count). The molecule has 0 aliphatic carbocycles. The van der Waals surface area contributed by atoms with E-state index in [0.717, 1.165) is 22.7 Å². The average molecular weight is 369 g/mol. The molecule has 1 amide bonds. The summed E-state index contributed by atoms with van der Waals surface area (Å²) in [6, 6.07) is 28.5. The minimum Gasteiger partial charge on any atom is -0.497 e. The molecule has 5 heteroatoms. The highest BCUT2D eigenvalue weighted by molar-refractivity contribution is 6.04. The van der Waals surface area contributed by atoms with Gasteiger partial charge in [0.15, 0.2) is 0 Å². The maximum absolute atomic E-state index is 13.0. The summed E-state index contributed by atoms with van der Waals surface area (Å²) in [4.78, 5) is 13.0. The van der Waals surface area contributed by atoms with Crippen LogP contribution in [0.4, 0.5) is 5.69 Å². The molecule has 0 spiro atoms. The standard InChI is InChI=1S/C23H19N3O2/c1-28-20-14-12-18(13-15-20)24-23(27)22-16-21(17-8-4-2-5-9-17)25-26(22)19-10-6-3-7-11-19/h2-16H,1H3,(H,24,27). The number of carbonyl (C=O) groups excluding carboxylic acids is 1. The van der Waals surface area contributed by atoms with Crippen LogP contribution >= 0.6 is 0 Å². The number of amides is 1. The van der Waals surface area contributed by atoms with E-state index in [4.69, 9.17) is 4.74 Å². The van der Waals surface area contributed by atoms with Crippen LogP contribution in [0.3, 0.4) is 0 Å². The third kappa shape index (κ3) is 3.64. The van der Waals surface area contributed by atoms with Gasteiger partial charge in [-0.2, -0.15) is 5.10 Å². The minimum absolute atomic E-state index is 0.233. The third-order valence-electron chi connectivity index (χ3n) is 4.36. The molecular weight excluding hydrogens is 350 g/mol. The Kier molecular flexibility index (Phi) is 4.89. The largest absolute Gasteiger partial charge is 0.497 e. The van der Waals surface area contributed by atoms with Crippen molar-refractivity contribution >= 4 is 11.6 Å². The highest BCUT2D eigenvalue weighted by atomic mass is 16.5. The number of ether oxygens (including phenoxy) is 1. The Hall–Kier alpha value is -3.86. The number of anilines is 1. The number of para-hydroxylation sites is 1. The summed E-state index contributed by atoms with van der Waals surface area (Å²) in [7, 11) is 1.61. The summed E-state index contributed by atoms with van der Waals surface area (Å²) in [5.74, 6) is 0.502. The zero-order valence-corrected chi connectivity index (χ0v) is 15.4. The summed E-state index contributed by atoms with van der Waals surface area (Å²) < 4.78 is 6.83. The van der Waals surface area contributed by atoms with Gasteiger partial charge in [-0.15, -0.1) is 0 Å². The minimum atomic E-state index is -0.233. The zero-order chi connectivity index (χ0) is 19.3. The zero-order valence-electron chi connectivity index (χ0n) is 15.4. The van der Waals surface area contributed by atoms with Gasteiger partial charge in [0.05, 0.1) is 18.5 Å². The number of nitrogens with one attached hydrogen (secondary N) is 1. The lowest BCUT2D eigenvalue weighted by Crippen LogP contribution is -2.16. The van der Waals surface area contributed by atoms with Crippen molar-refractivity contribution in [1.82, 2.24) is 9.78 Å². The average Bonchev–Trinajstić information content (AvgIpc) is 3.21. The van der Waals surface area contributed by atoms with Gasteiger partial charge in [-0.3, -0.25) is 4.79 Å². The van der Waals surface area contributed by atoms with E-state index in [0.29, 0.717) is 11.4 Å². The first-order valence-corrected chi connectivity index (χ1v) is 8.91. The fourth-order valence-corrected chi connectivity index (χ4v) is 2.93. The van der Waals surface area contributed by atoms with Crippen LogP contribution in [0, 0.1) is 0 Å². The van der Waals surface area contributed by atoms with Crippen LogP contribution in [-0.4, -0.2) is 22.8 Å². The molecule has 3 aromatic carbocycles. The molecule has 1 heterocycles. The van der Waals surface area contributed by atoms with Crippen LogP contribution in [0.1, 0.15) is 10.5 Å². The molecule has 0 aliphatic heterocycles. The highest BCUT2D eigenvalue weighted by Gasteiger charge is 2.17. The summed E-state index contributed by atoms with van der Waals surface area (Å²) in [6.45, 7) is 0. The molecule has 1 N–H and O–H groups in total. The number of aromatic nitrogens is 2. The number of hydrogen-bond donors (Lipinski definition) is 1. The van der Waals surface area contributed by atoms with Gasteiger partial charge in [-0.25, -0.2) is 4.68 Å². The van der Waals surface area contributed by atoms with Crippen molar-refractivity contribution < 1.29 is 9.53 Å². The Balaban J connectivity index is 1.71. The predicted octanol–water partition coefficient (Wildman–Crippen LogP) is 4.80. The number of nitrogens with zero attached hydrogens (tertiary/aromatic N) is 2. The van der Waals surface area contributed by atoms with E-state index in [9.17, 15) is 4.79 Å². The molecule has 0 atom stereocenters. The number of carbonyl (C=O) groups is 1. The van der Waals surface area contributed by atoms with Gasteiger partial charge in [0.1, 0.15) is 11.4 Å². The second-order valence-corrected chi connectivity index (χ2v) is 6.21. The van der Waals surface area contributed by atoms with Crippen LogP contribution in [0.25, 0.3) is 16.9 Å². The van der Waals surface area contributed by atoms with Gasteiger partial charge in [-0.1, -0.05) is 48.5 Å².